The summed E-state index contributed by atoms with van der Waals surface area (Å²) in [6.45, 7) is 10.6. The van der Waals surface area contributed by atoms with Crippen LogP contribution in [0.3, 0.4) is 0 Å². The van der Waals surface area contributed by atoms with Crippen LogP contribution < -0.4 is 10.2 Å². The smallest absolute Gasteiger partial charge is 0.185 e. The van der Waals surface area contributed by atoms with Gasteiger partial charge in [0.2, 0.25) is 0 Å². The number of aromatic nitrogens is 1. The van der Waals surface area contributed by atoms with Gasteiger partial charge in [-0.1, -0.05) is 13.8 Å². The molecule has 0 saturated heterocycles. The van der Waals surface area contributed by atoms with E-state index in [4.69, 9.17) is 14.5 Å². The number of methoxy groups -OCH3 is 2. The lowest BCUT2D eigenvalue weighted by Crippen LogP contribution is -2.28. The van der Waals surface area contributed by atoms with Crippen LogP contribution in [-0.2, 0) is 16.0 Å². The summed E-state index contributed by atoms with van der Waals surface area (Å²) in [5, 5.41) is 4.54. The van der Waals surface area contributed by atoms with Crippen molar-refractivity contribution >= 4 is 16.5 Å². The van der Waals surface area contributed by atoms with Crippen molar-refractivity contribution in [2.45, 2.75) is 39.8 Å². The molecule has 0 spiro atoms. The average molecular weight is 315 g/mol. The Morgan fingerprint density at radius 3 is 2.52 bits per heavy atom. The molecule has 0 amide bonds. The lowest BCUT2D eigenvalue weighted by molar-refractivity contribution is 0.191. The molecule has 1 N–H and O–H groups in total. The van der Waals surface area contributed by atoms with E-state index in [9.17, 15) is 0 Å². The third-order valence-corrected chi connectivity index (χ3v) is 4.38. The minimum Gasteiger partial charge on any atom is -0.385 e. The van der Waals surface area contributed by atoms with Crippen molar-refractivity contribution in [1.82, 2.24) is 10.3 Å². The molecule has 6 heteroatoms. The van der Waals surface area contributed by atoms with Gasteiger partial charge in [0.05, 0.1) is 12.3 Å². The first kappa shape index (κ1) is 18.4. The average Bonchev–Trinajstić information content (AvgIpc) is 2.81. The van der Waals surface area contributed by atoms with Crippen molar-refractivity contribution < 1.29 is 9.47 Å². The highest BCUT2D eigenvalue weighted by Gasteiger charge is 2.14. The number of rotatable bonds is 11. The third-order valence-electron chi connectivity index (χ3n) is 3.16. The maximum Gasteiger partial charge on any atom is 0.185 e. The van der Waals surface area contributed by atoms with Gasteiger partial charge < -0.3 is 19.7 Å². The summed E-state index contributed by atoms with van der Waals surface area (Å²) in [6.07, 6.45) is 0.998. The van der Waals surface area contributed by atoms with E-state index in [-0.39, 0.29) is 0 Å². The van der Waals surface area contributed by atoms with Gasteiger partial charge in [-0.25, -0.2) is 4.98 Å². The van der Waals surface area contributed by atoms with Crippen molar-refractivity contribution in [2.24, 2.45) is 0 Å². The molecule has 0 saturated carbocycles. The van der Waals surface area contributed by atoms with Gasteiger partial charge in [0, 0.05) is 51.4 Å². The first-order valence-corrected chi connectivity index (χ1v) is 8.32. The van der Waals surface area contributed by atoms with Crippen molar-refractivity contribution in [3.63, 3.8) is 0 Å². The third kappa shape index (κ3) is 6.74. The quantitative estimate of drug-likeness (QED) is 0.636. The highest BCUT2D eigenvalue weighted by Crippen LogP contribution is 2.26. The normalized spacial score (nSPS) is 11.3. The van der Waals surface area contributed by atoms with E-state index in [1.54, 1.807) is 25.6 Å². The van der Waals surface area contributed by atoms with E-state index >= 15 is 0 Å². The number of anilines is 1. The zero-order valence-electron chi connectivity index (χ0n) is 13.9. The van der Waals surface area contributed by atoms with Crippen LogP contribution in [0.1, 0.15) is 30.8 Å². The summed E-state index contributed by atoms with van der Waals surface area (Å²) >= 11 is 1.77. The van der Waals surface area contributed by atoms with E-state index in [0.717, 1.165) is 43.5 Å². The second-order valence-corrected chi connectivity index (χ2v) is 6.43. The van der Waals surface area contributed by atoms with Crippen LogP contribution in [0, 0.1) is 6.92 Å². The van der Waals surface area contributed by atoms with Gasteiger partial charge in [0.1, 0.15) is 0 Å². The van der Waals surface area contributed by atoms with Crippen molar-refractivity contribution in [3.05, 3.63) is 10.6 Å². The Morgan fingerprint density at radius 1 is 1.19 bits per heavy atom. The summed E-state index contributed by atoms with van der Waals surface area (Å²) in [4.78, 5) is 8.33. The molecule has 1 aromatic rings. The molecule has 1 aromatic heterocycles. The lowest BCUT2D eigenvalue weighted by atomic mass is 10.3. The zero-order valence-corrected chi connectivity index (χ0v) is 14.8. The molecular formula is C15H29N3O2S. The first-order valence-electron chi connectivity index (χ1n) is 7.51. The van der Waals surface area contributed by atoms with Gasteiger partial charge in [-0.3, -0.25) is 0 Å². The summed E-state index contributed by atoms with van der Waals surface area (Å²) in [7, 11) is 3.47. The topological polar surface area (TPSA) is 46.6 Å². The Hall–Kier alpha value is -0.690. The molecule has 0 radical (unpaired) electrons. The van der Waals surface area contributed by atoms with E-state index in [1.165, 1.54) is 4.88 Å². The highest BCUT2D eigenvalue weighted by molar-refractivity contribution is 7.15. The minimum absolute atomic E-state index is 0.487. The van der Waals surface area contributed by atoms with Crippen molar-refractivity contribution in [3.8, 4) is 0 Å². The van der Waals surface area contributed by atoms with Gasteiger partial charge in [0.25, 0.3) is 0 Å². The molecule has 0 aromatic carbocycles. The second-order valence-electron chi connectivity index (χ2n) is 5.37. The molecule has 5 nitrogen and oxygen atoms in total. The molecule has 0 unspecified atom stereocenters. The Morgan fingerprint density at radius 2 is 1.90 bits per heavy atom. The van der Waals surface area contributed by atoms with Gasteiger partial charge in [-0.15, -0.1) is 11.3 Å². The van der Waals surface area contributed by atoms with Crippen molar-refractivity contribution in [2.75, 3.05) is 45.4 Å². The molecule has 1 rings (SSSR count). The summed E-state index contributed by atoms with van der Waals surface area (Å²) in [5.41, 5.74) is 1.12. The standard InChI is InChI=1S/C15H29N3O2S/c1-12(2)16-11-14-13(3)17-15(21-14)18(8-10-20-5)7-6-9-19-4/h12,16H,6-11H2,1-5H3. The van der Waals surface area contributed by atoms with Gasteiger partial charge in [0.15, 0.2) is 5.13 Å². The maximum absolute atomic E-state index is 5.21. The van der Waals surface area contributed by atoms with E-state index in [0.29, 0.717) is 12.6 Å². The predicted octanol–water partition coefficient (Wildman–Crippen LogP) is 2.44. The second kappa shape index (κ2) is 10.1. The van der Waals surface area contributed by atoms with Crippen LogP contribution in [0.5, 0.6) is 0 Å². The summed E-state index contributed by atoms with van der Waals surface area (Å²) < 4.78 is 10.3. The van der Waals surface area contributed by atoms with E-state index in [2.05, 4.69) is 31.0 Å². The molecule has 1 heterocycles. The fourth-order valence-corrected chi connectivity index (χ4v) is 2.98. The Kier molecular flexibility index (Phi) is 8.84. The monoisotopic (exact) mass is 315 g/mol. The molecule has 0 fully saturated rings. The zero-order chi connectivity index (χ0) is 15.7. The minimum atomic E-state index is 0.487. The van der Waals surface area contributed by atoms with Crippen LogP contribution in [0.2, 0.25) is 0 Å². The number of thiazole rings is 1. The molecule has 0 bridgehead atoms. The summed E-state index contributed by atoms with van der Waals surface area (Å²) in [6, 6.07) is 0.487. The first-order chi connectivity index (χ1) is 10.1. The Balaban J connectivity index is 2.69. The number of ether oxygens (including phenoxy) is 2. The number of hydrogen-bond acceptors (Lipinski definition) is 6. The van der Waals surface area contributed by atoms with Gasteiger partial charge in [-0.05, 0) is 13.3 Å². The fourth-order valence-electron chi connectivity index (χ4n) is 1.91. The van der Waals surface area contributed by atoms with E-state index < -0.39 is 0 Å². The molecular weight excluding hydrogens is 286 g/mol. The van der Waals surface area contributed by atoms with Crippen molar-refractivity contribution in [1.29, 1.82) is 0 Å². The van der Waals surface area contributed by atoms with E-state index in [1.807, 2.05) is 0 Å². The number of hydrogen-bond donors (Lipinski definition) is 1. The lowest BCUT2D eigenvalue weighted by Gasteiger charge is -2.21. The van der Waals surface area contributed by atoms with Crippen LogP contribution in [0.15, 0.2) is 0 Å². The maximum atomic E-state index is 5.21. The van der Waals surface area contributed by atoms with Crippen LogP contribution in [-0.4, -0.2) is 51.5 Å². The van der Waals surface area contributed by atoms with Crippen LogP contribution in [0.4, 0.5) is 5.13 Å². The molecule has 0 aliphatic rings. The number of nitrogens with zero attached hydrogens (tertiary/aromatic N) is 2. The van der Waals surface area contributed by atoms with Crippen LogP contribution in [0.25, 0.3) is 0 Å². The number of aryl methyl sites for hydroxylation is 1. The molecule has 21 heavy (non-hydrogen) atoms. The number of nitrogens with one attached hydrogen (secondary N) is 1. The Labute approximate surface area is 132 Å². The molecule has 0 aliphatic heterocycles. The van der Waals surface area contributed by atoms with Crippen LogP contribution >= 0.6 is 11.3 Å². The largest absolute Gasteiger partial charge is 0.385 e. The summed E-state index contributed by atoms with van der Waals surface area (Å²) in [5.74, 6) is 0. The molecule has 122 valence electrons. The predicted molar refractivity (Wildman–Crippen MR) is 89.4 cm³/mol. The van der Waals surface area contributed by atoms with Gasteiger partial charge in [-0.2, -0.15) is 0 Å². The fraction of sp³-hybridized carbons (Fsp3) is 0.800. The highest BCUT2D eigenvalue weighted by atomic mass is 32.1. The Bertz CT molecular complexity index is 396. The van der Waals surface area contributed by atoms with Gasteiger partial charge >= 0.3 is 0 Å². The SMILES string of the molecule is COCCCN(CCOC)c1nc(C)c(CNC(C)C)s1. The molecule has 0 aliphatic carbocycles. The molecule has 0 atom stereocenters.